The van der Waals surface area contributed by atoms with Gasteiger partial charge in [0.15, 0.2) is 0 Å². The van der Waals surface area contributed by atoms with E-state index in [-0.39, 0.29) is 6.42 Å². The number of aliphatic hydroxyl groups excluding tert-OH is 1. The molecule has 15 nitrogen and oxygen atoms in total. The Hall–Kier alpha value is -4.50. The van der Waals surface area contributed by atoms with Crippen LogP contribution in [0.2, 0.25) is 0 Å². The largest absolute Gasteiger partial charge is 0.480 e. The number of fused-ring (bicyclic) bond motifs is 1. The second-order valence-corrected chi connectivity index (χ2v) is 8.22. The maximum Gasteiger partial charge on any atom is 0.326 e. The number of carboxylic acid groups (broad SMARTS) is 1. The number of aromatic amines is 1. The molecule has 0 saturated carbocycles. The van der Waals surface area contributed by atoms with E-state index in [1.54, 1.807) is 30.5 Å². The van der Waals surface area contributed by atoms with Crippen LogP contribution in [0.25, 0.3) is 10.9 Å². The van der Waals surface area contributed by atoms with Gasteiger partial charge in [-0.25, -0.2) is 4.79 Å². The lowest BCUT2D eigenvalue weighted by molar-refractivity contribution is -0.142. The number of nitrogens with two attached hydrogens (primary N) is 3. The minimum absolute atomic E-state index is 0.102. The van der Waals surface area contributed by atoms with Gasteiger partial charge >= 0.3 is 5.97 Å². The Labute approximate surface area is 210 Å². The minimum Gasteiger partial charge on any atom is -0.480 e. The van der Waals surface area contributed by atoms with Crippen LogP contribution >= 0.6 is 0 Å². The zero-order chi connectivity index (χ0) is 27.7. The monoisotopic (exact) mass is 519 g/mol. The standard InChI is InChI=1S/C22H29N7O8/c23-12(6-17(24)31)19(33)27-14(7-18(25)32)20(34)29-16(9-30)21(35)28-15(22(36)37)5-10-8-26-13-4-2-1-3-11(10)13/h1-4,8,12,14-16,26,30H,5-7,9,23H2,(H2,24,31)(H2,25,32)(H,27,33)(H,28,35)(H,29,34)(H,36,37). The maximum atomic E-state index is 12.7. The molecule has 0 aliphatic heterocycles. The van der Waals surface area contributed by atoms with Gasteiger partial charge in [0.05, 0.1) is 25.5 Å². The average Bonchev–Trinajstić information content (AvgIpc) is 3.23. The number of aromatic nitrogens is 1. The van der Waals surface area contributed by atoms with Crippen LogP contribution in [0.1, 0.15) is 18.4 Å². The summed E-state index contributed by atoms with van der Waals surface area (Å²) in [5, 5.41) is 26.5. The Morgan fingerprint density at radius 2 is 1.41 bits per heavy atom. The number of hydrogen-bond acceptors (Lipinski definition) is 8. The number of nitrogens with one attached hydrogen (secondary N) is 4. The number of aliphatic carboxylic acids is 1. The average molecular weight is 520 g/mol. The summed E-state index contributed by atoms with van der Waals surface area (Å²) in [6.07, 6.45) is 0.276. The molecule has 0 saturated heterocycles. The topological polar surface area (TPSA) is 273 Å². The molecular weight excluding hydrogens is 490 g/mol. The van der Waals surface area contributed by atoms with Crippen molar-refractivity contribution in [3.63, 3.8) is 0 Å². The van der Waals surface area contributed by atoms with Gasteiger partial charge in [0, 0.05) is 23.5 Å². The van der Waals surface area contributed by atoms with Crippen LogP contribution in [0.15, 0.2) is 30.5 Å². The Morgan fingerprint density at radius 1 is 0.838 bits per heavy atom. The van der Waals surface area contributed by atoms with Gasteiger partial charge in [0.25, 0.3) is 0 Å². The number of carbonyl (C=O) groups excluding carboxylic acids is 5. The highest BCUT2D eigenvalue weighted by Crippen LogP contribution is 2.19. The van der Waals surface area contributed by atoms with Crippen molar-refractivity contribution in [2.45, 2.75) is 43.4 Å². The van der Waals surface area contributed by atoms with Crippen molar-refractivity contribution in [3.05, 3.63) is 36.0 Å². The second kappa shape index (κ2) is 13.0. The van der Waals surface area contributed by atoms with Crippen molar-refractivity contribution >= 4 is 46.4 Å². The predicted molar refractivity (Wildman–Crippen MR) is 128 cm³/mol. The molecule has 4 unspecified atom stereocenters. The second-order valence-electron chi connectivity index (χ2n) is 8.22. The molecule has 15 heteroatoms. The highest BCUT2D eigenvalue weighted by atomic mass is 16.4. The van der Waals surface area contributed by atoms with Crippen molar-refractivity contribution in [3.8, 4) is 0 Å². The number of carboxylic acids is 1. The van der Waals surface area contributed by atoms with E-state index in [2.05, 4.69) is 20.9 Å². The lowest BCUT2D eigenvalue weighted by atomic mass is 10.0. The first-order valence-electron chi connectivity index (χ1n) is 11.0. The van der Waals surface area contributed by atoms with Crippen molar-refractivity contribution in [2.75, 3.05) is 6.61 Å². The fourth-order valence-electron chi connectivity index (χ4n) is 3.46. The molecule has 1 aromatic carbocycles. The van der Waals surface area contributed by atoms with Gasteiger partial charge in [-0.1, -0.05) is 18.2 Å². The van der Waals surface area contributed by atoms with Gasteiger partial charge in [0.1, 0.15) is 18.1 Å². The van der Waals surface area contributed by atoms with Crippen LogP contribution in [-0.2, 0) is 35.2 Å². The van der Waals surface area contributed by atoms with Gasteiger partial charge < -0.3 is 48.3 Å². The first-order chi connectivity index (χ1) is 17.4. The maximum absolute atomic E-state index is 12.7. The fourth-order valence-corrected chi connectivity index (χ4v) is 3.46. The van der Waals surface area contributed by atoms with Crippen molar-refractivity contribution in [2.24, 2.45) is 17.2 Å². The van der Waals surface area contributed by atoms with Gasteiger partial charge in [-0.15, -0.1) is 0 Å². The molecule has 12 N–H and O–H groups in total. The molecule has 1 aromatic heterocycles. The normalized spacial score (nSPS) is 14.1. The molecule has 200 valence electrons. The summed E-state index contributed by atoms with van der Waals surface area (Å²) >= 11 is 0. The Morgan fingerprint density at radius 3 is 2.00 bits per heavy atom. The highest BCUT2D eigenvalue weighted by Gasteiger charge is 2.31. The fraction of sp³-hybridized carbons (Fsp3) is 0.364. The number of primary amides is 2. The number of rotatable bonds is 14. The number of H-pyrrole nitrogens is 1. The lowest BCUT2D eigenvalue weighted by Crippen LogP contribution is -2.59. The molecule has 0 radical (unpaired) electrons. The highest BCUT2D eigenvalue weighted by molar-refractivity contribution is 5.97. The molecule has 0 aliphatic rings. The first-order valence-corrected chi connectivity index (χ1v) is 11.0. The molecule has 2 rings (SSSR count). The zero-order valence-corrected chi connectivity index (χ0v) is 19.6. The van der Waals surface area contributed by atoms with Crippen LogP contribution in [0.4, 0.5) is 0 Å². The Balaban J connectivity index is 2.10. The van der Waals surface area contributed by atoms with E-state index < -0.39 is 79.1 Å². The summed E-state index contributed by atoms with van der Waals surface area (Å²) in [6.45, 7) is -0.935. The van der Waals surface area contributed by atoms with Crippen LogP contribution in [0.3, 0.4) is 0 Å². The van der Waals surface area contributed by atoms with E-state index in [0.717, 1.165) is 10.9 Å². The van der Waals surface area contributed by atoms with Crippen molar-refractivity contribution in [1.29, 1.82) is 0 Å². The molecule has 0 bridgehead atoms. The van der Waals surface area contributed by atoms with Gasteiger partial charge in [0.2, 0.25) is 29.5 Å². The summed E-state index contributed by atoms with van der Waals surface area (Å²) < 4.78 is 0. The summed E-state index contributed by atoms with van der Waals surface area (Å²) in [5.74, 6) is -6.33. The Bertz CT molecular complexity index is 1180. The molecule has 2 aromatic rings. The number of aliphatic hydroxyl groups is 1. The molecule has 37 heavy (non-hydrogen) atoms. The summed E-state index contributed by atoms with van der Waals surface area (Å²) in [6, 6.07) is 1.08. The molecule has 5 amide bonds. The molecule has 0 aliphatic carbocycles. The molecule has 0 spiro atoms. The third-order valence-electron chi connectivity index (χ3n) is 5.33. The van der Waals surface area contributed by atoms with E-state index in [0.29, 0.717) is 5.56 Å². The SMILES string of the molecule is NC(=O)CC(N)C(=O)NC(CC(N)=O)C(=O)NC(CO)C(=O)NC(Cc1c[nH]c2ccccc12)C(=O)O. The van der Waals surface area contributed by atoms with E-state index in [4.69, 9.17) is 17.2 Å². The molecule has 4 atom stereocenters. The van der Waals surface area contributed by atoms with Crippen molar-refractivity contribution in [1.82, 2.24) is 20.9 Å². The van der Waals surface area contributed by atoms with Crippen LogP contribution in [0, 0.1) is 0 Å². The van der Waals surface area contributed by atoms with E-state index in [1.165, 1.54) is 0 Å². The van der Waals surface area contributed by atoms with E-state index in [1.807, 2.05) is 0 Å². The number of para-hydroxylation sites is 1. The third-order valence-corrected chi connectivity index (χ3v) is 5.33. The summed E-state index contributed by atoms with van der Waals surface area (Å²) in [7, 11) is 0. The lowest BCUT2D eigenvalue weighted by Gasteiger charge is -2.23. The first kappa shape index (κ1) is 28.7. The zero-order valence-electron chi connectivity index (χ0n) is 19.6. The van der Waals surface area contributed by atoms with Gasteiger partial charge in [-0.2, -0.15) is 0 Å². The quantitative estimate of drug-likeness (QED) is 0.119. The number of benzene rings is 1. The minimum atomic E-state index is -1.64. The van der Waals surface area contributed by atoms with E-state index in [9.17, 15) is 39.0 Å². The third kappa shape index (κ3) is 8.29. The van der Waals surface area contributed by atoms with E-state index >= 15 is 0 Å². The van der Waals surface area contributed by atoms with Crippen LogP contribution < -0.4 is 33.2 Å². The Kier molecular flexibility index (Phi) is 10.1. The van der Waals surface area contributed by atoms with Crippen molar-refractivity contribution < 1.29 is 39.0 Å². The van der Waals surface area contributed by atoms with Crippen LogP contribution in [-0.4, -0.2) is 81.5 Å². The summed E-state index contributed by atoms with van der Waals surface area (Å²) in [4.78, 5) is 74.7. The number of hydrogen-bond donors (Lipinski definition) is 9. The molecule has 1 heterocycles. The number of amides is 5. The molecular formula is C22H29N7O8. The summed E-state index contributed by atoms with van der Waals surface area (Å²) in [5.41, 5.74) is 17.0. The van der Waals surface area contributed by atoms with Gasteiger partial charge in [-0.05, 0) is 11.6 Å². The number of carbonyl (C=O) groups is 6. The predicted octanol–water partition coefficient (Wildman–Crippen LogP) is -3.68. The van der Waals surface area contributed by atoms with Gasteiger partial charge in [-0.3, -0.25) is 24.0 Å². The molecule has 0 fully saturated rings. The van der Waals surface area contributed by atoms with Crippen LogP contribution in [0.5, 0.6) is 0 Å². The smallest absolute Gasteiger partial charge is 0.326 e.